The van der Waals surface area contributed by atoms with Crippen LogP contribution in [0.4, 0.5) is 74.6 Å². The smallest absolute Gasteiger partial charge is 0.432 e. The maximum Gasteiger partial charge on any atom is 0.432 e. The zero-order chi connectivity index (χ0) is 47.6. The first-order valence-corrected chi connectivity index (χ1v) is 19.6. The third kappa shape index (κ3) is 14.5. The lowest BCUT2D eigenvalue weighted by Crippen LogP contribution is -2.25. The van der Waals surface area contributed by atoms with Crippen LogP contribution < -0.4 is 18.9 Å². The summed E-state index contributed by atoms with van der Waals surface area (Å²) in [5, 5.41) is 0. The van der Waals surface area contributed by atoms with Gasteiger partial charge in [-0.05, 0) is 32.6 Å². The summed E-state index contributed by atoms with van der Waals surface area (Å²) < 4.78 is 257. The van der Waals surface area contributed by atoms with Gasteiger partial charge in [-0.25, -0.2) is 43.9 Å². The second kappa shape index (κ2) is 21.7. The maximum atomic E-state index is 14.6. The molecule has 21 heteroatoms. The van der Waals surface area contributed by atoms with Crippen LogP contribution in [0.2, 0.25) is 0 Å². The van der Waals surface area contributed by atoms with Crippen LogP contribution in [0.15, 0.2) is 48.5 Å². The van der Waals surface area contributed by atoms with Gasteiger partial charge in [0.15, 0.2) is 0 Å². The maximum absolute atomic E-state index is 14.6. The highest BCUT2D eigenvalue weighted by atomic mass is 19.4. The van der Waals surface area contributed by atoms with Crippen molar-refractivity contribution < 1.29 is 93.6 Å². The first-order chi connectivity index (χ1) is 29.8. The molecule has 0 amide bonds. The normalized spacial score (nSPS) is 12.5. The van der Waals surface area contributed by atoms with Crippen LogP contribution in [0.5, 0.6) is 23.0 Å². The third-order valence-electron chi connectivity index (χ3n) is 9.57. The van der Waals surface area contributed by atoms with Crippen molar-refractivity contribution in [1.29, 1.82) is 0 Å². The molecule has 0 saturated heterocycles. The molecule has 0 radical (unpaired) electrons. The lowest BCUT2D eigenvalue weighted by Gasteiger charge is -2.20. The van der Waals surface area contributed by atoms with Crippen molar-refractivity contribution in [1.82, 2.24) is 0 Å². The molecule has 0 aliphatic heterocycles. The van der Waals surface area contributed by atoms with Crippen LogP contribution in [-0.4, -0.2) is 19.1 Å². The first kappa shape index (κ1) is 51.5. The lowest BCUT2D eigenvalue weighted by atomic mass is 10.0. The fourth-order valence-electron chi connectivity index (χ4n) is 6.32. The summed E-state index contributed by atoms with van der Waals surface area (Å²) in [7, 11) is 0. The molecule has 0 atom stereocenters. The third-order valence-corrected chi connectivity index (χ3v) is 9.57. The van der Waals surface area contributed by atoms with Crippen LogP contribution >= 0.6 is 0 Å². The summed E-state index contributed by atoms with van der Waals surface area (Å²) in [4.78, 5) is 0. The van der Waals surface area contributed by atoms with E-state index < -0.39 is 116 Å². The highest BCUT2D eigenvalue weighted by Crippen LogP contribution is 2.41. The molecule has 0 saturated carbocycles. The molecule has 0 aromatic heterocycles. The Bertz CT molecular complexity index is 2100. The molecule has 0 aliphatic rings. The van der Waals surface area contributed by atoms with Gasteiger partial charge in [-0.2, -0.15) is 30.7 Å². The molecule has 4 rings (SSSR count). The van der Waals surface area contributed by atoms with Gasteiger partial charge in [0.1, 0.15) is 86.2 Å². The van der Waals surface area contributed by atoms with Crippen molar-refractivity contribution >= 4 is 0 Å². The molecular weight excluding hydrogens is 903 g/mol. The standard InChI is InChI=1S/C43H39F17O4/c1-24-29(44)20-27(21-30(24)45)63-42(57,58)38-33(48)16-25(17-34(38)49)61-14-10-6-2-4-8-12-40(52,53)13-9-5-3-7-11-15-62-26-18-35(50)39(36(51)19-26)43(59,60)64-28-22-31(46)37(32(47)23-28)41(54,55)56/h16-23H,2-15H2,1H3. The van der Waals surface area contributed by atoms with Crippen molar-refractivity contribution in [3.8, 4) is 23.0 Å². The van der Waals surface area contributed by atoms with Crippen molar-refractivity contribution in [3.05, 3.63) is 117 Å². The van der Waals surface area contributed by atoms with E-state index in [0.29, 0.717) is 81.3 Å². The summed E-state index contributed by atoms with van der Waals surface area (Å²) in [6.07, 6.45) is -12.0. The van der Waals surface area contributed by atoms with Gasteiger partial charge < -0.3 is 18.9 Å². The van der Waals surface area contributed by atoms with E-state index in [2.05, 4.69) is 9.47 Å². The minimum Gasteiger partial charge on any atom is -0.493 e. The van der Waals surface area contributed by atoms with E-state index in [-0.39, 0.29) is 57.5 Å². The number of benzene rings is 4. The fraction of sp³-hybridized carbons (Fsp3) is 0.442. The molecule has 0 aliphatic carbocycles. The van der Waals surface area contributed by atoms with Gasteiger partial charge in [0.2, 0.25) is 5.92 Å². The molecule has 0 N–H and O–H groups in total. The number of ether oxygens (including phenoxy) is 4. The van der Waals surface area contributed by atoms with Crippen molar-refractivity contribution in [3.63, 3.8) is 0 Å². The zero-order valence-electron chi connectivity index (χ0n) is 33.6. The van der Waals surface area contributed by atoms with Crippen LogP contribution in [-0.2, 0) is 18.4 Å². The number of rotatable bonds is 24. The Hall–Kier alpha value is -5.11. The zero-order valence-corrected chi connectivity index (χ0v) is 33.6. The minimum absolute atomic E-state index is 0.0775. The van der Waals surface area contributed by atoms with E-state index in [0.717, 1.165) is 6.92 Å². The lowest BCUT2D eigenvalue weighted by molar-refractivity contribution is -0.190. The molecule has 4 aromatic carbocycles. The van der Waals surface area contributed by atoms with Crippen LogP contribution in [0.25, 0.3) is 0 Å². The quantitative estimate of drug-likeness (QED) is 0.0518. The van der Waals surface area contributed by atoms with E-state index in [1.165, 1.54) is 0 Å². The van der Waals surface area contributed by atoms with Gasteiger partial charge in [0.05, 0.1) is 13.2 Å². The summed E-state index contributed by atoms with van der Waals surface area (Å²) in [5.41, 5.74) is -6.67. The average molecular weight is 943 g/mol. The van der Waals surface area contributed by atoms with Gasteiger partial charge in [0, 0.05) is 66.9 Å². The van der Waals surface area contributed by atoms with Crippen LogP contribution in [0, 0.1) is 53.5 Å². The van der Waals surface area contributed by atoms with E-state index >= 15 is 0 Å². The first-order valence-electron chi connectivity index (χ1n) is 19.6. The second-order valence-electron chi connectivity index (χ2n) is 14.6. The number of alkyl halides is 9. The van der Waals surface area contributed by atoms with Gasteiger partial charge in [-0.15, -0.1) is 0 Å². The summed E-state index contributed by atoms with van der Waals surface area (Å²) in [5.74, 6) is -20.7. The van der Waals surface area contributed by atoms with E-state index in [1.54, 1.807) is 0 Å². The van der Waals surface area contributed by atoms with Crippen molar-refractivity contribution in [2.45, 2.75) is 108 Å². The average Bonchev–Trinajstić information content (AvgIpc) is 3.13. The van der Waals surface area contributed by atoms with E-state index in [1.807, 2.05) is 0 Å². The fourth-order valence-corrected chi connectivity index (χ4v) is 6.32. The molecule has 0 spiro atoms. The monoisotopic (exact) mass is 942 g/mol. The van der Waals surface area contributed by atoms with Crippen molar-refractivity contribution in [2.24, 2.45) is 0 Å². The molecule has 354 valence electrons. The SMILES string of the molecule is Cc1c(F)cc(OC(F)(F)c2c(F)cc(OCCCCCCCC(F)(F)CCCCCCCOc3cc(F)c(C(F)(F)Oc4cc(F)c(C(F)(F)F)c(F)c4)c(F)c3)cc2F)cc1F. The Balaban J connectivity index is 1.07. The topological polar surface area (TPSA) is 36.9 Å². The number of halogens is 17. The largest absolute Gasteiger partial charge is 0.493 e. The predicted molar refractivity (Wildman–Crippen MR) is 196 cm³/mol. The van der Waals surface area contributed by atoms with Gasteiger partial charge in [-0.1, -0.05) is 38.5 Å². The Labute approximate surface area is 355 Å². The van der Waals surface area contributed by atoms with Crippen LogP contribution in [0.3, 0.4) is 0 Å². The molecule has 0 unspecified atom stereocenters. The highest BCUT2D eigenvalue weighted by molar-refractivity contribution is 5.37. The molecule has 4 nitrogen and oxygen atoms in total. The molecular formula is C43H39F17O4. The highest BCUT2D eigenvalue weighted by Gasteiger charge is 2.44. The Kier molecular flexibility index (Phi) is 17.5. The second-order valence-corrected chi connectivity index (χ2v) is 14.6. The van der Waals surface area contributed by atoms with Gasteiger partial charge >= 0.3 is 18.4 Å². The van der Waals surface area contributed by atoms with Crippen molar-refractivity contribution in [2.75, 3.05) is 13.2 Å². The summed E-state index contributed by atoms with van der Waals surface area (Å²) in [6.45, 7) is 0.820. The summed E-state index contributed by atoms with van der Waals surface area (Å²) >= 11 is 0. The predicted octanol–water partition coefficient (Wildman–Crippen LogP) is 15.2. The van der Waals surface area contributed by atoms with E-state index in [9.17, 15) is 74.6 Å². The van der Waals surface area contributed by atoms with Gasteiger partial charge in [0.25, 0.3) is 0 Å². The van der Waals surface area contributed by atoms with Gasteiger partial charge in [-0.3, -0.25) is 0 Å². The Morgan fingerprint density at radius 2 is 0.641 bits per heavy atom. The number of hydrogen-bond acceptors (Lipinski definition) is 4. The van der Waals surface area contributed by atoms with Crippen LogP contribution in [0.1, 0.15) is 99.3 Å². The van der Waals surface area contributed by atoms with E-state index in [4.69, 9.17) is 9.47 Å². The molecule has 0 heterocycles. The molecule has 64 heavy (non-hydrogen) atoms. The Morgan fingerprint density at radius 3 is 0.984 bits per heavy atom. The molecule has 4 aromatic rings. The Morgan fingerprint density at radius 1 is 0.359 bits per heavy atom. The number of hydrogen-bond donors (Lipinski definition) is 0. The minimum atomic E-state index is -5.51. The molecule has 0 fully saturated rings. The number of unbranched alkanes of at least 4 members (excludes halogenated alkanes) is 8. The summed E-state index contributed by atoms with van der Waals surface area (Å²) in [6, 6.07) is 2.16. The molecule has 0 bridgehead atoms.